The number of aryl methyl sites for hydroxylation is 1. The summed E-state index contributed by atoms with van der Waals surface area (Å²) in [7, 11) is 0. The van der Waals surface area contributed by atoms with Crippen molar-refractivity contribution >= 4 is 46.5 Å². The van der Waals surface area contributed by atoms with Crippen LogP contribution in [-0.4, -0.2) is 17.0 Å². The molecule has 0 aliphatic carbocycles. The van der Waals surface area contributed by atoms with E-state index in [-0.39, 0.29) is 10.7 Å². The predicted octanol–water partition coefficient (Wildman–Crippen LogP) is 2.14. The Kier molecular flexibility index (Phi) is 5.31. The highest BCUT2D eigenvalue weighted by Crippen LogP contribution is 2.16. The molecule has 0 spiro atoms. The first-order valence-electron chi connectivity index (χ1n) is 6.56. The summed E-state index contributed by atoms with van der Waals surface area (Å²) in [6.07, 6.45) is 0. The molecule has 0 aliphatic rings. The van der Waals surface area contributed by atoms with E-state index in [1.807, 2.05) is 0 Å². The van der Waals surface area contributed by atoms with Crippen LogP contribution >= 0.6 is 23.8 Å². The monoisotopic (exact) mass is 347 g/mol. The first kappa shape index (κ1) is 16.9. The molecule has 0 aromatic heterocycles. The van der Waals surface area contributed by atoms with Crippen molar-refractivity contribution in [3.05, 3.63) is 64.2 Å². The maximum atomic E-state index is 12.0. The van der Waals surface area contributed by atoms with Gasteiger partial charge in [0.05, 0.1) is 5.97 Å². The van der Waals surface area contributed by atoms with Gasteiger partial charge in [-0.1, -0.05) is 23.7 Å². The molecule has 0 atom stereocenters. The third-order valence-electron chi connectivity index (χ3n) is 3.05. The number of amides is 1. The average molecular weight is 348 g/mol. The molecule has 0 heterocycles. The lowest BCUT2D eigenvalue weighted by molar-refractivity contribution is -0.255. The molecule has 0 bridgehead atoms. The van der Waals surface area contributed by atoms with Crippen LogP contribution in [0.5, 0.6) is 0 Å². The highest BCUT2D eigenvalue weighted by Gasteiger charge is 2.09. The fourth-order valence-electron chi connectivity index (χ4n) is 1.81. The molecule has 23 heavy (non-hydrogen) atoms. The number of carbonyl (C=O) groups excluding carboxylic acids is 2. The van der Waals surface area contributed by atoms with E-state index < -0.39 is 11.9 Å². The normalized spacial score (nSPS) is 10.0. The first-order valence-corrected chi connectivity index (χ1v) is 7.35. The highest BCUT2D eigenvalue weighted by atomic mass is 35.5. The number of hydrogen-bond acceptors (Lipinski definition) is 4. The van der Waals surface area contributed by atoms with E-state index >= 15 is 0 Å². The number of carboxylic acids is 1. The quantitative estimate of drug-likeness (QED) is 0.831. The summed E-state index contributed by atoms with van der Waals surface area (Å²) >= 11 is 10.8. The van der Waals surface area contributed by atoms with E-state index in [0.717, 1.165) is 5.56 Å². The van der Waals surface area contributed by atoms with Crippen LogP contribution in [0.1, 0.15) is 26.3 Å². The third kappa shape index (κ3) is 4.51. The standard InChI is InChI=1S/C16H13ClN2O3S/c1-9-2-3-11(15(21)22)8-13(9)18-16(23)19-14(20)10-4-6-12(17)7-5-10/h2-8H,1H3,(H,21,22)(H2,18,19,20,23)/p-1. The lowest BCUT2D eigenvalue weighted by Crippen LogP contribution is -2.34. The molecule has 0 fully saturated rings. The van der Waals surface area contributed by atoms with E-state index in [0.29, 0.717) is 16.3 Å². The molecule has 2 aromatic carbocycles. The molecular formula is C16H12ClN2O3S-. The van der Waals surface area contributed by atoms with E-state index in [2.05, 4.69) is 10.6 Å². The summed E-state index contributed by atoms with van der Waals surface area (Å²) in [4.78, 5) is 22.9. The van der Waals surface area contributed by atoms with E-state index in [1.54, 1.807) is 37.3 Å². The Hall–Kier alpha value is -2.44. The largest absolute Gasteiger partial charge is 0.545 e. The minimum atomic E-state index is -1.29. The number of rotatable bonds is 3. The minimum Gasteiger partial charge on any atom is -0.545 e. The lowest BCUT2D eigenvalue weighted by Gasteiger charge is -2.13. The molecule has 2 N–H and O–H groups in total. The van der Waals surface area contributed by atoms with Crippen LogP contribution in [0.3, 0.4) is 0 Å². The van der Waals surface area contributed by atoms with Gasteiger partial charge >= 0.3 is 0 Å². The molecule has 2 aromatic rings. The Labute approximate surface area is 143 Å². The average Bonchev–Trinajstić information content (AvgIpc) is 2.49. The van der Waals surface area contributed by atoms with Gasteiger partial charge in [0.15, 0.2) is 5.11 Å². The van der Waals surface area contributed by atoms with Crippen LogP contribution < -0.4 is 15.7 Å². The molecule has 0 saturated carbocycles. The van der Waals surface area contributed by atoms with Gasteiger partial charge in [0.25, 0.3) is 5.91 Å². The second-order valence-corrected chi connectivity index (χ2v) is 5.58. The van der Waals surface area contributed by atoms with Crippen LogP contribution in [0.15, 0.2) is 42.5 Å². The second kappa shape index (κ2) is 7.21. The van der Waals surface area contributed by atoms with Gasteiger partial charge in [0, 0.05) is 16.3 Å². The number of nitrogens with one attached hydrogen (secondary N) is 2. The zero-order valence-corrected chi connectivity index (χ0v) is 13.6. The van der Waals surface area contributed by atoms with Crippen LogP contribution in [-0.2, 0) is 0 Å². The van der Waals surface area contributed by atoms with Crippen LogP contribution in [0.4, 0.5) is 5.69 Å². The lowest BCUT2D eigenvalue weighted by atomic mass is 10.1. The van der Waals surface area contributed by atoms with Gasteiger partial charge in [-0.15, -0.1) is 0 Å². The van der Waals surface area contributed by atoms with Gasteiger partial charge in [-0.3, -0.25) is 10.1 Å². The van der Waals surface area contributed by atoms with Crippen LogP contribution in [0.2, 0.25) is 5.02 Å². The number of carboxylic acid groups (broad SMARTS) is 1. The summed E-state index contributed by atoms with van der Waals surface area (Å²) in [5, 5.41) is 16.8. The molecule has 2 rings (SSSR count). The summed E-state index contributed by atoms with van der Waals surface area (Å²) in [5.74, 6) is -1.68. The summed E-state index contributed by atoms with van der Waals surface area (Å²) < 4.78 is 0. The van der Waals surface area contributed by atoms with Crippen molar-refractivity contribution in [3.8, 4) is 0 Å². The molecule has 5 nitrogen and oxygen atoms in total. The number of benzene rings is 2. The fraction of sp³-hybridized carbons (Fsp3) is 0.0625. The molecule has 0 radical (unpaired) electrons. The maximum absolute atomic E-state index is 12.0. The summed E-state index contributed by atoms with van der Waals surface area (Å²) in [6, 6.07) is 10.8. The zero-order valence-electron chi connectivity index (χ0n) is 12.1. The first-order chi connectivity index (χ1) is 10.9. The molecule has 1 amide bonds. The third-order valence-corrected chi connectivity index (χ3v) is 3.51. The Balaban J connectivity index is 2.07. The SMILES string of the molecule is Cc1ccc(C(=O)[O-])cc1NC(=S)NC(=O)c1ccc(Cl)cc1. The number of carbonyl (C=O) groups is 2. The Bertz CT molecular complexity index is 775. The molecule has 0 unspecified atom stereocenters. The zero-order chi connectivity index (χ0) is 17.0. The predicted molar refractivity (Wildman–Crippen MR) is 90.6 cm³/mol. The van der Waals surface area contributed by atoms with Crippen molar-refractivity contribution in [3.63, 3.8) is 0 Å². The number of thiocarbonyl (C=S) groups is 1. The van der Waals surface area contributed by atoms with Crippen LogP contribution in [0, 0.1) is 6.92 Å². The van der Waals surface area contributed by atoms with E-state index in [9.17, 15) is 14.7 Å². The van der Waals surface area contributed by atoms with Gasteiger partial charge in [-0.05, 0) is 60.6 Å². The van der Waals surface area contributed by atoms with Gasteiger partial charge in [0.1, 0.15) is 0 Å². The number of hydrogen-bond donors (Lipinski definition) is 2. The Morgan fingerprint density at radius 2 is 1.70 bits per heavy atom. The molecule has 7 heteroatoms. The molecule has 118 valence electrons. The van der Waals surface area contributed by atoms with Gasteiger partial charge in [0.2, 0.25) is 0 Å². The van der Waals surface area contributed by atoms with Crippen molar-refractivity contribution in [2.24, 2.45) is 0 Å². The molecule has 0 saturated heterocycles. The van der Waals surface area contributed by atoms with Crippen molar-refractivity contribution in [1.29, 1.82) is 0 Å². The molecular weight excluding hydrogens is 336 g/mol. The summed E-state index contributed by atoms with van der Waals surface area (Å²) in [5.41, 5.74) is 1.68. The number of anilines is 1. The van der Waals surface area contributed by atoms with Crippen LogP contribution in [0.25, 0.3) is 0 Å². The number of halogens is 1. The van der Waals surface area contributed by atoms with Crippen molar-refractivity contribution in [1.82, 2.24) is 5.32 Å². The Morgan fingerprint density at radius 1 is 1.09 bits per heavy atom. The van der Waals surface area contributed by atoms with Gasteiger partial charge in [-0.25, -0.2) is 0 Å². The van der Waals surface area contributed by atoms with Crippen molar-refractivity contribution in [2.75, 3.05) is 5.32 Å². The Morgan fingerprint density at radius 3 is 2.30 bits per heavy atom. The highest BCUT2D eigenvalue weighted by molar-refractivity contribution is 7.80. The second-order valence-electron chi connectivity index (χ2n) is 4.73. The number of aromatic carboxylic acids is 1. The van der Waals surface area contributed by atoms with Crippen molar-refractivity contribution in [2.45, 2.75) is 6.92 Å². The van der Waals surface area contributed by atoms with E-state index in [1.165, 1.54) is 12.1 Å². The maximum Gasteiger partial charge on any atom is 0.257 e. The smallest absolute Gasteiger partial charge is 0.257 e. The van der Waals surface area contributed by atoms with E-state index in [4.69, 9.17) is 23.8 Å². The minimum absolute atomic E-state index is 0.0185. The van der Waals surface area contributed by atoms with Crippen molar-refractivity contribution < 1.29 is 14.7 Å². The summed E-state index contributed by atoms with van der Waals surface area (Å²) in [6.45, 7) is 1.78. The fourth-order valence-corrected chi connectivity index (χ4v) is 2.14. The van der Waals surface area contributed by atoms with Gasteiger partial charge < -0.3 is 15.2 Å². The van der Waals surface area contributed by atoms with Gasteiger partial charge in [-0.2, -0.15) is 0 Å². The topological polar surface area (TPSA) is 81.3 Å². The molecule has 0 aliphatic heterocycles.